The Kier molecular flexibility index (Phi) is 4.96. The lowest BCUT2D eigenvalue weighted by molar-refractivity contribution is -0.142. The summed E-state index contributed by atoms with van der Waals surface area (Å²) in [6, 6.07) is 6.48. The van der Waals surface area contributed by atoms with Gasteiger partial charge in [0.25, 0.3) is 0 Å². The Morgan fingerprint density at radius 2 is 2.08 bits per heavy atom. The molecule has 0 aliphatic carbocycles. The van der Waals surface area contributed by atoms with Gasteiger partial charge in [0.15, 0.2) is 6.04 Å². The summed E-state index contributed by atoms with van der Waals surface area (Å²) in [6.07, 6.45) is 0.973. The number of hydrogen-bond acceptors (Lipinski definition) is 4. The number of aryl methyl sites for hydroxylation is 2. The number of aliphatic carboxylic acids is 1. The topological polar surface area (TPSA) is 66.4 Å². The highest BCUT2D eigenvalue weighted by Gasteiger charge is 2.32. The van der Waals surface area contributed by atoms with Crippen molar-refractivity contribution in [1.29, 1.82) is 0 Å². The SMILES string of the molecule is Cc1cccc(C(NC(=O)C2SCCc3sccc32)C(=O)O)c1C. The van der Waals surface area contributed by atoms with Gasteiger partial charge in [0.1, 0.15) is 5.25 Å². The fourth-order valence-electron chi connectivity index (χ4n) is 2.94. The second-order valence-corrected chi connectivity index (χ2v) is 8.08. The lowest BCUT2D eigenvalue weighted by Gasteiger charge is -2.24. The highest BCUT2D eigenvalue weighted by Crippen LogP contribution is 2.39. The number of rotatable bonds is 4. The number of fused-ring (bicyclic) bond motifs is 1. The highest BCUT2D eigenvalue weighted by atomic mass is 32.2. The number of nitrogens with one attached hydrogen (secondary N) is 1. The van der Waals surface area contributed by atoms with E-state index in [1.807, 2.05) is 37.4 Å². The highest BCUT2D eigenvalue weighted by molar-refractivity contribution is 8.00. The minimum atomic E-state index is -1.04. The predicted octanol–water partition coefficient (Wildman–Crippen LogP) is 3.64. The molecule has 0 saturated carbocycles. The van der Waals surface area contributed by atoms with Crippen LogP contribution in [0.4, 0.5) is 0 Å². The van der Waals surface area contributed by atoms with E-state index in [-0.39, 0.29) is 11.2 Å². The molecule has 0 spiro atoms. The van der Waals surface area contributed by atoms with Crippen LogP contribution in [0, 0.1) is 13.8 Å². The average molecular weight is 361 g/mol. The second-order valence-electron chi connectivity index (χ2n) is 5.87. The van der Waals surface area contributed by atoms with Gasteiger partial charge in [-0.3, -0.25) is 4.79 Å². The van der Waals surface area contributed by atoms with Crippen molar-refractivity contribution in [3.05, 3.63) is 56.8 Å². The molecular formula is C18H19NO3S2. The molecule has 1 aliphatic rings. The Labute approximate surface area is 149 Å². The Morgan fingerprint density at radius 3 is 2.83 bits per heavy atom. The van der Waals surface area contributed by atoms with Gasteiger partial charge in [0.05, 0.1) is 0 Å². The number of hydrogen-bond donors (Lipinski definition) is 2. The van der Waals surface area contributed by atoms with Crippen LogP contribution in [0.1, 0.15) is 38.4 Å². The molecule has 2 unspecified atom stereocenters. The van der Waals surface area contributed by atoms with E-state index in [1.54, 1.807) is 29.2 Å². The van der Waals surface area contributed by atoms with Crippen LogP contribution in [0.2, 0.25) is 0 Å². The standard InChI is InChI=1S/C18H19NO3S2/c1-10-4-3-5-12(11(10)2)15(18(21)22)19-17(20)16-13-6-8-23-14(13)7-9-24-16/h3-6,8,15-16H,7,9H2,1-2H3,(H,19,20)(H,21,22). The minimum Gasteiger partial charge on any atom is -0.479 e. The molecule has 126 valence electrons. The average Bonchev–Trinajstić information content (AvgIpc) is 3.03. The summed E-state index contributed by atoms with van der Waals surface area (Å²) in [5.41, 5.74) is 3.58. The Balaban J connectivity index is 1.86. The van der Waals surface area contributed by atoms with Crippen molar-refractivity contribution in [2.45, 2.75) is 31.6 Å². The van der Waals surface area contributed by atoms with Crippen LogP contribution in [-0.2, 0) is 16.0 Å². The van der Waals surface area contributed by atoms with Gasteiger partial charge in [-0.1, -0.05) is 18.2 Å². The van der Waals surface area contributed by atoms with Crippen LogP contribution in [-0.4, -0.2) is 22.7 Å². The van der Waals surface area contributed by atoms with E-state index in [4.69, 9.17) is 0 Å². The lowest BCUT2D eigenvalue weighted by atomic mass is 9.97. The first-order valence-corrected chi connectivity index (χ1v) is 9.69. The number of amides is 1. The van der Waals surface area contributed by atoms with E-state index in [9.17, 15) is 14.7 Å². The zero-order valence-corrected chi connectivity index (χ0v) is 15.2. The van der Waals surface area contributed by atoms with Crippen molar-refractivity contribution >= 4 is 35.0 Å². The van der Waals surface area contributed by atoms with E-state index < -0.39 is 12.0 Å². The molecule has 2 heterocycles. The number of thiophene rings is 1. The van der Waals surface area contributed by atoms with E-state index >= 15 is 0 Å². The number of benzene rings is 1. The normalized spacial score (nSPS) is 17.8. The number of carboxylic acid groups (broad SMARTS) is 1. The fraction of sp³-hybridized carbons (Fsp3) is 0.333. The number of carboxylic acids is 1. The van der Waals surface area contributed by atoms with Gasteiger partial charge in [-0.05, 0) is 59.7 Å². The molecule has 0 fully saturated rings. The molecular weight excluding hydrogens is 342 g/mol. The number of carbonyl (C=O) groups excluding carboxylic acids is 1. The first-order valence-electron chi connectivity index (χ1n) is 7.76. The first-order chi connectivity index (χ1) is 11.5. The van der Waals surface area contributed by atoms with Crippen LogP contribution in [0.15, 0.2) is 29.6 Å². The smallest absolute Gasteiger partial charge is 0.330 e. The fourth-order valence-corrected chi connectivity index (χ4v) is 5.24. The third-order valence-corrected chi connectivity index (χ3v) is 6.64. The molecule has 2 aromatic rings. The summed E-state index contributed by atoms with van der Waals surface area (Å²) in [5, 5.41) is 14.0. The molecule has 1 aliphatic heterocycles. The van der Waals surface area contributed by atoms with Gasteiger partial charge >= 0.3 is 5.97 Å². The molecule has 1 aromatic heterocycles. The Bertz CT molecular complexity index is 784. The summed E-state index contributed by atoms with van der Waals surface area (Å²) in [4.78, 5) is 25.7. The molecule has 2 N–H and O–H groups in total. The Hall–Kier alpha value is -1.79. The van der Waals surface area contributed by atoms with Gasteiger partial charge in [0.2, 0.25) is 5.91 Å². The molecule has 2 atom stereocenters. The van der Waals surface area contributed by atoms with Crippen molar-refractivity contribution in [2.24, 2.45) is 0 Å². The maximum atomic E-state index is 12.8. The van der Waals surface area contributed by atoms with Crippen LogP contribution < -0.4 is 5.32 Å². The predicted molar refractivity (Wildman–Crippen MR) is 97.7 cm³/mol. The molecule has 1 amide bonds. The van der Waals surface area contributed by atoms with Crippen molar-refractivity contribution in [1.82, 2.24) is 5.32 Å². The third-order valence-electron chi connectivity index (χ3n) is 4.41. The van der Waals surface area contributed by atoms with E-state index in [0.29, 0.717) is 5.56 Å². The van der Waals surface area contributed by atoms with E-state index in [2.05, 4.69) is 5.32 Å². The van der Waals surface area contributed by atoms with Crippen LogP contribution >= 0.6 is 23.1 Å². The van der Waals surface area contributed by atoms with Gasteiger partial charge in [-0.25, -0.2) is 4.79 Å². The molecule has 0 radical (unpaired) electrons. The molecule has 24 heavy (non-hydrogen) atoms. The van der Waals surface area contributed by atoms with Gasteiger partial charge in [0, 0.05) is 4.88 Å². The largest absolute Gasteiger partial charge is 0.479 e. The quantitative estimate of drug-likeness (QED) is 0.873. The Morgan fingerprint density at radius 1 is 1.29 bits per heavy atom. The van der Waals surface area contributed by atoms with Gasteiger partial charge in [-0.2, -0.15) is 0 Å². The van der Waals surface area contributed by atoms with E-state index in [1.165, 1.54) is 4.88 Å². The van der Waals surface area contributed by atoms with Crippen molar-refractivity contribution in [3.8, 4) is 0 Å². The van der Waals surface area contributed by atoms with E-state index in [0.717, 1.165) is 28.9 Å². The monoisotopic (exact) mass is 361 g/mol. The summed E-state index contributed by atoms with van der Waals surface area (Å²) < 4.78 is 0. The third kappa shape index (κ3) is 3.21. The molecule has 3 rings (SSSR count). The second kappa shape index (κ2) is 6.99. The summed E-state index contributed by atoms with van der Waals surface area (Å²) in [7, 11) is 0. The van der Waals surface area contributed by atoms with Crippen molar-refractivity contribution < 1.29 is 14.7 Å². The van der Waals surface area contributed by atoms with Gasteiger partial charge in [-0.15, -0.1) is 23.1 Å². The first kappa shape index (κ1) is 17.0. The zero-order chi connectivity index (χ0) is 17.3. The lowest BCUT2D eigenvalue weighted by Crippen LogP contribution is -2.37. The van der Waals surface area contributed by atoms with Crippen LogP contribution in [0.3, 0.4) is 0 Å². The van der Waals surface area contributed by atoms with Crippen LogP contribution in [0.25, 0.3) is 0 Å². The molecule has 0 bridgehead atoms. The number of carbonyl (C=O) groups is 2. The molecule has 1 aromatic carbocycles. The van der Waals surface area contributed by atoms with Crippen molar-refractivity contribution in [3.63, 3.8) is 0 Å². The molecule has 6 heteroatoms. The van der Waals surface area contributed by atoms with Crippen LogP contribution in [0.5, 0.6) is 0 Å². The maximum Gasteiger partial charge on any atom is 0.330 e. The zero-order valence-electron chi connectivity index (χ0n) is 13.5. The molecule has 4 nitrogen and oxygen atoms in total. The number of thioether (sulfide) groups is 1. The summed E-state index contributed by atoms with van der Waals surface area (Å²) >= 11 is 3.24. The van der Waals surface area contributed by atoms with Gasteiger partial charge < -0.3 is 10.4 Å². The summed E-state index contributed by atoms with van der Waals surface area (Å²) in [6.45, 7) is 3.83. The van der Waals surface area contributed by atoms with Crippen molar-refractivity contribution in [2.75, 3.05) is 5.75 Å². The molecule has 0 saturated heterocycles. The summed E-state index contributed by atoms with van der Waals surface area (Å²) in [5.74, 6) is -0.386. The minimum absolute atomic E-state index is 0.229. The maximum absolute atomic E-state index is 12.8.